The summed E-state index contributed by atoms with van der Waals surface area (Å²) in [6, 6.07) is 5.49. The number of hydrogen-bond donors (Lipinski definition) is 0. The predicted octanol–water partition coefficient (Wildman–Crippen LogP) is 3.57. The molecule has 104 valence electrons. The second kappa shape index (κ2) is 5.64. The van der Waals surface area contributed by atoms with E-state index in [-0.39, 0.29) is 11.7 Å². The highest BCUT2D eigenvalue weighted by atomic mass is 16.5. The number of ether oxygens (including phenoxy) is 2. The van der Waals surface area contributed by atoms with Crippen molar-refractivity contribution in [3.05, 3.63) is 23.8 Å². The highest BCUT2D eigenvalue weighted by Gasteiger charge is 2.21. The molecule has 0 fully saturated rings. The third-order valence-electron chi connectivity index (χ3n) is 3.69. The molecule has 2 rings (SSSR count). The molecule has 1 aliphatic heterocycles. The number of rotatable bonds is 3. The Balaban J connectivity index is 2.24. The van der Waals surface area contributed by atoms with Crippen LogP contribution in [0.4, 0.5) is 0 Å². The zero-order valence-electron chi connectivity index (χ0n) is 12.1. The molecule has 0 N–H and O–H groups in total. The average Bonchev–Trinajstić information content (AvgIpc) is 2.59. The van der Waals surface area contributed by atoms with Crippen LogP contribution in [0.3, 0.4) is 0 Å². The van der Waals surface area contributed by atoms with E-state index >= 15 is 0 Å². The Morgan fingerprint density at radius 3 is 2.42 bits per heavy atom. The molecule has 1 aliphatic rings. The van der Waals surface area contributed by atoms with Crippen LogP contribution in [0.5, 0.6) is 11.5 Å². The molecule has 0 saturated carbocycles. The summed E-state index contributed by atoms with van der Waals surface area (Å²) in [4.78, 5) is 12.3. The Morgan fingerprint density at radius 2 is 1.79 bits per heavy atom. The first-order valence-electron chi connectivity index (χ1n) is 6.93. The summed E-state index contributed by atoms with van der Waals surface area (Å²) in [6.07, 6.45) is 0. The van der Waals surface area contributed by atoms with Crippen molar-refractivity contribution in [2.75, 3.05) is 13.2 Å². The third kappa shape index (κ3) is 3.09. The molecule has 2 atom stereocenters. The smallest absolute Gasteiger partial charge is 0.166 e. The molecule has 19 heavy (non-hydrogen) atoms. The fourth-order valence-electron chi connectivity index (χ4n) is 1.97. The first kappa shape index (κ1) is 13.9. The van der Waals surface area contributed by atoms with Crippen LogP contribution >= 0.6 is 0 Å². The summed E-state index contributed by atoms with van der Waals surface area (Å²) >= 11 is 0. The van der Waals surface area contributed by atoms with Crippen molar-refractivity contribution < 1.29 is 14.3 Å². The minimum atomic E-state index is 0.0173. The second-order valence-corrected chi connectivity index (χ2v) is 5.79. The largest absolute Gasteiger partial charge is 0.489 e. The molecule has 0 aromatic heterocycles. The first-order chi connectivity index (χ1) is 8.99. The zero-order chi connectivity index (χ0) is 14.0. The van der Waals surface area contributed by atoms with Gasteiger partial charge in [0.15, 0.2) is 17.3 Å². The fourth-order valence-corrected chi connectivity index (χ4v) is 1.97. The van der Waals surface area contributed by atoms with Crippen LogP contribution in [0.25, 0.3) is 0 Å². The molecular weight excluding hydrogens is 240 g/mol. The molecule has 0 aliphatic carbocycles. The molecule has 3 heteroatoms. The van der Waals surface area contributed by atoms with Crippen LogP contribution in [0.15, 0.2) is 18.2 Å². The zero-order valence-corrected chi connectivity index (χ0v) is 12.1. The lowest BCUT2D eigenvalue weighted by molar-refractivity contribution is 0.0899. The van der Waals surface area contributed by atoms with Gasteiger partial charge in [0, 0.05) is 17.4 Å². The molecule has 1 aromatic rings. The molecular formula is C16H22O3. The molecule has 0 saturated heterocycles. The summed E-state index contributed by atoms with van der Waals surface area (Å²) in [5.74, 6) is 2.30. The minimum Gasteiger partial charge on any atom is -0.489 e. The van der Waals surface area contributed by atoms with E-state index in [0.717, 1.165) is 5.75 Å². The summed E-state index contributed by atoms with van der Waals surface area (Å²) in [5, 5.41) is 0. The van der Waals surface area contributed by atoms with Gasteiger partial charge in [-0.2, -0.15) is 0 Å². The van der Waals surface area contributed by atoms with E-state index in [1.54, 1.807) is 0 Å². The van der Waals surface area contributed by atoms with Crippen LogP contribution in [0.2, 0.25) is 0 Å². The molecule has 0 radical (unpaired) electrons. The maximum absolute atomic E-state index is 12.3. The van der Waals surface area contributed by atoms with Crippen LogP contribution in [-0.2, 0) is 0 Å². The van der Waals surface area contributed by atoms with Crippen molar-refractivity contribution >= 4 is 5.78 Å². The molecule has 1 heterocycles. The summed E-state index contributed by atoms with van der Waals surface area (Å²) < 4.78 is 11.4. The number of benzene rings is 1. The Kier molecular flexibility index (Phi) is 4.13. The molecule has 0 spiro atoms. The highest BCUT2D eigenvalue weighted by molar-refractivity contribution is 5.98. The maximum atomic E-state index is 12.3. The fraction of sp³-hybridized carbons (Fsp3) is 0.562. The van der Waals surface area contributed by atoms with Gasteiger partial charge in [0.1, 0.15) is 0 Å². The standard InChI is InChI=1S/C16H22O3/c1-10(2)12(4)16(17)13-5-6-14-15(7-13)19-9-11(3)8-18-14/h5-7,10-12H,8-9H2,1-4H3. The van der Waals surface area contributed by atoms with E-state index in [4.69, 9.17) is 9.47 Å². The van der Waals surface area contributed by atoms with E-state index in [0.29, 0.717) is 36.4 Å². The Hall–Kier alpha value is -1.51. The number of carbonyl (C=O) groups is 1. The third-order valence-corrected chi connectivity index (χ3v) is 3.69. The Bertz CT molecular complexity index is 465. The van der Waals surface area contributed by atoms with Crippen molar-refractivity contribution in [1.82, 2.24) is 0 Å². The lowest BCUT2D eigenvalue weighted by Gasteiger charge is -2.15. The van der Waals surface area contributed by atoms with Crippen molar-refractivity contribution in [1.29, 1.82) is 0 Å². The van der Waals surface area contributed by atoms with Gasteiger partial charge in [-0.1, -0.05) is 27.7 Å². The Morgan fingerprint density at radius 1 is 1.16 bits per heavy atom. The Labute approximate surface area is 114 Å². The van der Waals surface area contributed by atoms with Gasteiger partial charge in [-0.05, 0) is 24.1 Å². The number of Topliss-reactive ketones (excluding diaryl/α,β-unsaturated/α-hetero) is 1. The molecule has 0 bridgehead atoms. The van der Waals surface area contributed by atoms with Crippen LogP contribution in [0.1, 0.15) is 38.1 Å². The van der Waals surface area contributed by atoms with E-state index in [2.05, 4.69) is 20.8 Å². The second-order valence-electron chi connectivity index (χ2n) is 5.79. The van der Waals surface area contributed by atoms with Crippen molar-refractivity contribution in [2.45, 2.75) is 27.7 Å². The van der Waals surface area contributed by atoms with Crippen LogP contribution in [-0.4, -0.2) is 19.0 Å². The van der Waals surface area contributed by atoms with Gasteiger partial charge in [0.25, 0.3) is 0 Å². The SMILES string of the molecule is CC1COc2ccc(C(=O)C(C)C(C)C)cc2OC1. The highest BCUT2D eigenvalue weighted by Crippen LogP contribution is 2.32. The summed E-state index contributed by atoms with van der Waals surface area (Å²) in [5.41, 5.74) is 0.707. The van der Waals surface area contributed by atoms with Gasteiger partial charge in [-0.3, -0.25) is 4.79 Å². The van der Waals surface area contributed by atoms with E-state index in [1.165, 1.54) is 0 Å². The summed E-state index contributed by atoms with van der Waals surface area (Å²) in [7, 11) is 0. The maximum Gasteiger partial charge on any atom is 0.166 e. The topological polar surface area (TPSA) is 35.5 Å². The van der Waals surface area contributed by atoms with E-state index in [1.807, 2.05) is 25.1 Å². The lowest BCUT2D eigenvalue weighted by Crippen LogP contribution is -2.17. The van der Waals surface area contributed by atoms with E-state index in [9.17, 15) is 4.79 Å². The number of hydrogen-bond acceptors (Lipinski definition) is 3. The predicted molar refractivity (Wildman–Crippen MR) is 74.9 cm³/mol. The normalized spacial score (nSPS) is 19.9. The first-order valence-corrected chi connectivity index (χ1v) is 6.93. The van der Waals surface area contributed by atoms with Gasteiger partial charge in [0.2, 0.25) is 0 Å². The quantitative estimate of drug-likeness (QED) is 0.781. The van der Waals surface area contributed by atoms with Gasteiger partial charge in [0.05, 0.1) is 13.2 Å². The van der Waals surface area contributed by atoms with Crippen LogP contribution in [0, 0.1) is 17.8 Å². The van der Waals surface area contributed by atoms with Gasteiger partial charge >= 0.3 is 0 Å². The average molecular weight is 262 g/mol. The van der Waals surface area contributed by atoms with Gasteiger partial charge in [-0.25, -0.2) is 0 Å². The number of ketones is 1. The van der Waals surface area contributed by atoms with Gasteiger partial charge < -0.3 is 9.47 Å². The van der Waals surface area contributed by atoms with Gasteiger partial charge in [-0.15, -0.1) is 0 Å². The number of fused-ring (bicyclic) bond motifs is 1. The molecule has 0 amide bonds. The molecule has 2 unspecified atom stereocenters. The van der Waals surface area contributed by atoms with E-state index < -0.39 is 0 Å². The summed E-state index contributed by atoms with van der Waals surface area (Å²) in [6.45, 7) is 9.46. The molecule has 3 nitrogen and oxygen atoms in total. The van der Waals surface area contributed by atoms with Crippen LogP contribution < -0.4 is 9.47 Å². The minimum absolute atomic E-state index is 0.0173. The number of carbonyl (C=O) groups excluding carboxylic acids is 1. The molecule has 1 aromatic carbocycles. The monoisotopic (exact) mass is 262 g/mol. The van der Waals surface area contributed by atoms with Crippen molar-refractivity contribution in [3.8, 4) is 11.5 Å². The van der Waals surface area contributed by atoms with Crippen molar-refractivity contribution in [3.63, 3.8) is 0 Å². The van der Waals surface area contributed by atoms with Crippen molar-refractivity contribution in [2.24, 2.45) is 17.8 Å². The lowest BCUT2D eigenvalue weighted by atomic mass is 9.89.